The molecule has 2 aromatic rings. The summed E-state index contributed by atoms with van der Waals surface area (Å²) in [5.41, 5.74) is 6.89. The van der Waals surface area contributed by atoms with E-state index in [9.17, 15) is 0 Å². The summed E-state index contributed by atoms with van der Waals surface area (Å²) in [6.07, 6.45) is 0. The molecule has 74 valence electrons. The van der Waals surface area contributed by atoms with Crippen LogP contribution in [0.25, 0.3) is 10.7 Å². The molecule has 0 aromatic carbocycles. The van der Waals surface area contributed by atoms with Crippen LogP contribution in [0.4, 0.5) is 5.95 Å². The Hall–Kier alpha value is -1.36. The molecule has 14 heavy (non-hydrogen) atoms. The molecule has 0 amide bonds. The fraction of sp³-hybridized carbons (Fsp3) is 0.333. The highest BCUT2D eigenvalue weighted by Gasteiger charge is 2.10. The van der Waals surface area contributed by atoms with E-state index in [0.717, 1.165) is 4.88 Å². The topological polar surface area (TPSA) is 56.7 Å². The van der Waals surface area contributed by atoms with Crippen LogP contribution in [0.15, 0.2) is 6.07 Å². The number of anilines is 1. The second kappa shape index (κ2) is 3.09. The van der Waals surface area contributed by atoms with E-state index in [0.29, 0.717) is 11.8 Å². The molecule has 0 unspecified atom stereocenters. The lowest BCUT2D eigenvalue weighted by atomic mass is 10.3. The van der Waals surface area contributed by atoms with Crippen molar-refractivity contribution in [1.82, 2.24) is 14.8 Å². The molecule has 0 atom stereocenters. The summed E-state index contributed by atoms with van der Waals surface area (Å²) >= 11 is 1.70. The second-order valence-electron chi connectivity index (χ2n) is 3.27. The van der Waals surface area contributed by atoms with Crippen molar-refractivity contribution in [2.24, 2.45) is 7.05 Å². The van der Waals surface area contributed by atoms with Gasteiger partial charge in [0.1, 0.15) is 0 Å². The van der Waals surface area contributed by atoms with E-state index >= 15 is 0 Å². The predicted octanol–water partition coefficient (Wildman–Crippen LogP) is 1.74. The highest BCUT2D eigenvalue weighted by molar-refractivity contribution is 7.15. The number of nitrogen functional groups attached to an aromatic ring is 1. The molecule has 0 radical (unpaired) electrons. The quantitative estimate of drug-likeness (QED) is 0.776. The van der Waals surface area contributed by atoms with Crippen molar-refractivity contribution in [3.8, 4) is 10.7 Å². The summed E-state index contributed by atoms with van der Waals surface area (Å²) in [7, 11) is 1.79. The molecule has 2 rings (SSSR count). The van der Waals surface area contributed by atoms with E-state index in [1.807, 2.05) is 0 Å². The van der Waals surface area contributed by atoms with E-state index in [-0.39, 0.29) is 0 Å². The van der Waals surface area contributed by atoms with Crippen LogP contribution < -0.4 is 5.73 Å². The fourth-order valence-electron chi connectivity index (χ4n) is 1.18. The average Bonchev–Trinajstić information content (AvgIpc) is 2.60. The smallest absolute Gasteiger partial charge is 0.218 e. The first-order valence-corrected chi connectivity index (χ1v) is 5.13. The first kappa shape index (κ1) is 9.21. The normalized spacial score (nSPS) is 10.8. The third kappa shape index (κ3) is 1.39. The Morgan fingerprint density at radius 2 is 2.14 bits per heavy atom. The van der Waals surface area contributed by atoms with Gasteiger partial charge in [0.2, 0.25) is 5.95 Å². The molecule has 0 saturated carbocycles. The fourth-order valence-corrected chi connectivity index (χ4v) is 2.15. The van der Waals surface area contributed by atoms with Crippen molar-refractivity contribution in [2.75, 3.05) is 5.73 Å². The standard InChI is InChI=1S/C9H12N4S/c1-5-4-7(14-6(5)2)8-11-9(10)13(3)12-8/h4H,1-3H3,(H2,10,11,12). The van der Waals surface area contributed by atoms with Gasteiger partial charge in [-0.25, -0.2) is 4.68 Å². The van der Waals surface area contributed by atoms with Crippen LogP contribution in [-0.2, 0) is 7.05 Å². The van der Waals surface area contributed by atoms with Crippen molar-refractivity contribution >= 4 is 17.3 Å². The number of aryl methyl sites for hydroxylation is 3. The monoisotopic (exact) mass is 208 g/mol. The third-order valence-electron chi connectivity index (χ3n) is 2.18. The lowest BCUT2D eigenvalue weighted by molar-refractivity contribution is 0.781. The zero-order valence-electron chi connectivity index (χ0n) is 8.40. The van der Waals surface area contributed by atoms with E-state index in [4.69, 9.17) is 5.73 Å². The lowest BCUT2D eigenvalue weighted by Gasteiger charge is -1.86. The van der Waals surface area contributed by atoms with Crippen LogP contribution in [0.1, 0.15) is 10.4 Å². The van der Waals surface area contributed by atoms with E-state index < -0.39 is 0 Å². The van der Waals surface area contributed by atoms with Gasteiger partial charge in [-0.3, -0.25) is 0 Å². The van der Waals surface area contributed by atoms with Crippen LogP contribution in [0.2, 0.25) is 0 Å². The van der Waals surface area contributed by atoms with Crippen molar-refractivity contribution < 1.29 is 0 Å². The van der Waals surface area contributed by atoms with Gasteiger partial charge in [-0.2, -0.15) is 4.98 Å². The Morgan fingerprint density at radius 3 is 2.57 bits per heavy atom. The minimum Gasteiger partial charge on any atom is -0.368 e. The number of nitrogens with zero attached hydrogens (tertiary/aromatic N) is 3. The Kier molecular flexibility index (Phi) is 2.03. The molecule has 4 nitrogen and oxygen atoms in total. The predicted molar refractivity (Wildman–Crippen MR) is 58.2 cm³/mol. The molecule has 0 spiro atoms. The van der Waals surface area contributed by atoms with Crippen LogP contribution in [0.5, 0.6) is 0 Å². The van der Waals surface area contributed by atoms with Gasteiger partial charge in [0.25, 0.3) is 0 Å². The molecule has 0 saturated heterocycles. The molecule has 0 aliphatic heterocycles. The molecule has 2 N–H and O–H groups in total. The maximum absolute atomic E-state index is 5.62. The second-order valence-corrected chi connectivity index (χ2v) is 4.52. The van der Waals surface area contributed by atoms with Gasteiger partial charge in [-0.05, 0) is 25.5 Å². The molecular weight excluding hydrogens is 196 g/mol. The van der Waals surface area contributed by atoms with Crippen molar-refractivity contribution in [3.05, 3.63) is 16.5 Å². The maximum Gasteiger partial charge on any atom is 0.218 e. The maximum atomic E-state index is 5.62. The largest absolute Gasteiger partial charge is 0.368 e. The molecule has 5 heteroatoms. The number of hydrogen-bond acceptors (Lipinski definition) is 4. The van der Waals surface area contributed by atoms with Gasteiger partial charge in [0.15, 0.2) is 5.82 Å². The van der Waals surface area contributed by atoms with Crippen LogP contribution in [0, 0.1) is 13.8 Å². The molecule has 2 aromatic heterocycles. The summed E-state index contributed by atoms with van der Waals surface area (Å²) in [5, 5.41) is 4.23. The Balaban J connectivity index is 2.49. The zero-order chi connectivity index (χ0) is 10.3. The highest BCUT2D eigenvalue weighted by Crippen LogP contribution is 2.28. The van der Waals surface area contributed by atoms with Crippen molar-refractivity contribution in [1.29, 1.82) is 0 Å². The minimum absolute atomic E-state index is 0.448. The minimum atomic E-state index is 0.448. The average molecular weight is 208 g/mol. The highest BCUT2D eigenvalue weighted by atomic mass is 32.1. The van der Waals surface area contributed by atoms with Crippen molar-refractivity contribution in [3.63, 3.8) is 0 Å². The molecule has 0 aliphatic carbocycles. The Morgan fingerprint density at radius 1 is 1.43 bits per heavy atom. The molecular formula is C9H12N4S. The van der Waals surface area contributed by atoms with Gasteiger partial charge in [0.05, 0.1) is 4.88 Å². The van der Waals surface area contributed by atoms with E-state index in [1.165, 1.54) is 10.4 Å². The Bertz CT molecular complexity index is 386. The Labute approximate surface area is 86.4 Å². The summed E-state index contributed by atoms with van der Waals surface area (Å²) < 4.78 is 1.58. The summed E-state index contributed by atoms with van der Waals surface area (Å²) in [5.74, 6) is 1.16. The SMILES string of the molecule is Cc1cc(-c2nc(N)n(C)n2)sc1C. The van der Waals surface area contributed by atoms with Crippen molar-refractivity contribution in [2.45, 2.75) is 13.8 Å². The summed E-state index contributed by atoms with van der Waals surface area (Å²) in [6.45, 7) is 4.18. The zero-order valence-corrected chi connectivity index (χ0v) is 9.22. The van der Waals surface area contributed by atoms with Crippen LogP contribution in [-0.4, -0.2) is 14.8 Å². The number of rotatable bonds is 1. The van der Waals surface area contributed by atoms with Crippen LogP contribution in [0.3, 0.4) is 0 Å². The molecule has 0 bridgehead atoms. The summed E-state index contributed by atoms with van der Waals surface area (Å²) in [6, 6.07) is 2.09. The van der Waals surface area contributed by atoms with Gasteiger partial charge < -0.3 is 5.73 Å². The van der Waals surface area contributed by atoms with Crippen LogP contribution >= 0.6 is 11.3 Å². The lowest BCUT2D eigenvalue weighted by Crippen LogP contribution is -1.97. The molecule has 0 aliphatic rings. The number of hydrogen-bond donors (Lipinski definition) is 1. The first-order valence-electron chi connectivity index (χ1n) is 4.32. The van der Waals surface area contributed by atoms with Gasteiger partial charge >= 0.3 is 0 Å². The molecule has 2 heterocycles. The molecule has 0 fully saturated rings. The number of nitrogens with two attached hydrogens (primary N) is 1. The van der Waals surface area contributed by atoms with Gasteiger partial charge in [-0.15, -0.1) is 16.4 Å². The van der Waals surface area contributed by atoms with E-state index in [2.05, 4.69) is 30.0 Å². The third-order valence-corrected chi connectivity index (χ3v) is 3.33. The number of thiophene rings is 1. The van der Waals surface area contributed by atoms with E-state index in [1.54, 1.807) is 23.1 Å². The van der Waals surface area contributed by atoms with Gasteiger partial charge in [0, 0.05) is 11.9 Å². The first-order chi connectivity index (χ1) is 6.58. The van der Waals surface area contributed by atoms with Gasteiger partial charge in [-0.1, -0.05) is 0 Å². The number of aromatic nitrogens is 3. The summed E-state index contributed by atoms with van der Waals surface area (Å²) in [4.78, 5) is 6.55.